The highest BCUT2D eigenvalue weighted by molar-refractivity contribution is 6.07. The summed E-state index contributed by atoms with van der Waals surface area (Å²) in [6, 6.07) is 20.9. The molecule has 150 valence electrons. The van der Waals surface area contributed by atoms with Gasteiger partial charge in [-0.3, -0.25) is 9.78 Å². The van der Waals surface area contributed by atoms with Crippen molar-refractivity contribution in [3.05, 3.63) is 89.6 Å². The smallest absolute Gasteiger partial charge is 0.252 e. The number of methoxy groups -OCH3 is 1. The number of carbonyl (C=O) groups is 1. The number of nitrogens with zero attached hydrogens (tertiary/aromatic N) is 2. The maximum absolute atomic E-state index is 13.3. The highest BCUT2D eigenvalue weighted by Crippen LogP contribution is 2.26. The van der Waals surface area contributed by atoms with Gasteiger partial charge in [-0.25, -0.2) is 4.98 Å². The van der Waals surface area contributed by atoms with Gasteiger partial charge < -0.3 is 10.1 Å². The molecule has 1 amide bonds. The third-order valence-electron chi connectivity index (χ3n) is 5.18. The lowest BCUT2D eigenvalue weighted by atomic mass is 10.0. The Bertz CT molecular complexity index is 1190. The molecule has 1 N–H and O–H groups in total. The summed E-state index contributed by atoms with van der Waals surface area (Å²) in [5, 5.41) is 3.94. The number of fused-ring (bicyclic) bond motifs is 1. The Balaban J connectivity index is 1.73. The number of benzene rings is 2. The van der Waals surface area contributed by atoms with E-state index < -0.39 is 0 Å². The molecule has 0 fully saturated rings. The number of hydrogen-bond acceptors (Lipinski definition) is 4. The van der Waals surface area contributed by atoms with Crippen molar-refractivity contribution >= 4 is 16.8 Å². The van der Waals surface area contributed by atoms with Crippen LogP contribution in [0.4, 0.5) is 0 Å². The highest BCUT2D eigenvalue weighted by atomic mass is 16.5. The summed E-state index contributed by atoms with van der Waals surface area (Å²) < 4.78 is 5.21. The summed E-state index contributed by atoms with van der Waals surface area (Å²) in [5.41, 5.74) is 4.83. The van der Waals surface area contributed by atoms with E-state index in [1.54, 1.807) is 13.3 Å². The Morgan fingerprint density at radius 3 is 2.50 bits per heavy atom. The zero-order valence-corrected chi connectivity index (χ0v) is 17.2. The van der Waals surface area contributed by atoms with Crippen molar-refractivity contribution in [2.75, 3.05) is 7.11 Å². The Labute approximate surface area is 175 Å². The third-order valence-corrected chi connectivity index (χ3v) is 5.18. The van der Waals surface area contributed by atoms with E-state index in [0.29, 0.717) is 11.3 Å². The van der Waals surface area contributed by atoms with E-state index in [0.717, 1.165) is 33.5 Å². The molecule has 5 heteroatoms. The van der Waals surface area contributed by atoms with Crippen molar-refractivity contribution in [3.8, 4) is 17.1 Å². The molecule has 0 aliphatic carbocycles. The number of para-hydroxylation sites is 1. The van der Waals surface area contributed by atoms with Crippen molar-refractivity contribution in [1.29, 1.82) is 0 Å². The fraction of sp³-hybridized carbons (Fsp3) is 0.160. The van der Waals surface area contributed by atoms with Crippen LogP contribution in [0.3, 0.4) is 0 Å². The second-order valence-corrected chi connectivity index (χ2v) is 7.21. The molecule has 2 aromatic carbocycles. The number of ether oxygens (including phenoxy) is 1. The van der Waals surface area contributed by atoms with E-state index in [2.05, 4.69) is 10.3 Å². The summed E-state index contributed by atoms with van der Waals surface area (Å²) in [5.74, 6) is 0.640. The molecule has 0 saturated heterocycles. The molecule has 2 heterocycles. The average molecular weight is 397 g/mol. The van der Waals surface area contributed by atoms with E-state index in [4.69, 9.17) is 9.72 Å². The van der Waals surface area contributed by atoms with Gasteiger partial charge in [-0.05, 0) is 55.3 Å². The van der Waals surface area contributed by atoms with Crippen LogP contribution in [0.25, 0.3) is 22.3 Å². The number of pyridine rings is 2. The summed E-state index contributed by atoms with van der Waals surface area (Å²) in [6.45, 7) is 3.97. The Kier molecular flexibility index (Phi) is 5.44. The van der Waals surface area contributed by atoms with Crippen LogP contribution in [0.15, 0.2) is 72.9 Å². The number of nitrogens with one attached hydrogen (secondary N) is 1. The van der Waals surface area contributed by atoms with Crippen molar-refractivity contribution in [2.24, 2.45) is 0 Å². The Morgan fingerprint density at radius 1 is 1.00 bits per heavy atom. The zero-order chi connectivity index (χ0) is 21.1. The average Bonchev–Trinajstić information content (AvgIpc) is 2.79. The monoisotopic (exact) mass is 397 g/mol. The number of aromatic nitrogens is 2. The molecule has 0 radical (unpaired) electrons. The van der Waals surface area contributed by atoms with Crippen LogP contribution >= 0.6 is 0 Å². The predicted octanol–water partition coefficient (Wildman–Crippen LogP) is 5.10. The molecule has 5 nitrogen and oxygen atoms in total. The first kappa shape index (κ1) is 19.6. The molecular weight excluding hydrogens is 374 g/mol. The summed E-state index contributed by atoms with van der Waals surface area (Å²) in [4.78, 5) is 22.5. The largest absolute Gasteiger partial charge is 0.497 e. The maximum atomic E-state index is 13.3. The fourth-order valence-electron chi connectivity index (χ4n) is 3.48. The lowest BCUT2D eigenvalue weighted by Gasteiger charge is -2.17. The fourth-order valence-corrected chi connectivity index (χ4v) is 3.48. The lowest BCUT2D eigenvalue weighted by Crippen LogP contribution is -2.27. The quantitative estimate of drug-likeness (QED) is 0.509. The first-order chi connectivity index (χ1) is 14.6. The minimum Gasteiger partial charge on any atom is -0.497 e. The highest BCUT2D eigenvalue weighted by Gasteiger charge is 2.18. The van der Waals surface area contributed by atoms with Crippen LogP contribution in [0.2, 0.25) is 0 Å². The van der Waals surface area contributed by atoms with Crippen LogP contribution in [0.5, 0.6) is 5.75 Å². The van der Waals surface area contributed by atoms with Gasteiger partial charge in [-0.1, -0.05) is 36.4 Å². The van der Waals surface area contributed by atoms with E-state index in [1.165, 1.54) is 0 Å². The standard InChI is InChI=1S/C25H23N3O2/c1-16-7-6-8-20-21(15-23(28-24(16)20)22-9-4-5-14-26-22)25(29)27-17(2)18-10-12-19(30-3)13-11-18/h4-15,17H,1-3H3,(H,27,29)/t17-/m1/s1. The SMILES string of the molecule is COc1ccc([C@@H](C)NC(=O)c2cc(-c3ccccn3)nc3c(C)cccc23)cc1. The van der Waals surface area contributed by atoms with Crippen LogP contribution in [-0.4, -0.2) is 23.0 Å². The lowest BCUT2D eigenvalue weighted by molar-refractivity contribution is 0.0941. The van der Waals surface area contributed by atoms with Gasteiger partial charge in [0.2, 0.25) is 0 Å². The van der Waals surface area contributed by atoms with Gasteiger partial charge >= 0.3 is 0 Å². The minimum absolute atomic E-state index is 0.145. The number of hydrogen-bond donors (Lipinski definition) is 1. The molecule has 0 aliphatic heterocycles. The zero-order valence-electron chi connectivity index (χ0n) is 17.2. The molecule has 4 rings (SSSR count). The van der Waals surface area contributed by atoms with E-state index >= 15 is 0 Å². The molecule has 2 aromatic heterocycles. The van der Waals surface area contributed by atoms with Gasteiger partial charge in [0, 0.05) is 11.6 Å². The summed E-state index contributed by atoms with van der Waals surface area (Å²) in [7, 11) is 1.63. The normalized spacial score (nSPS) is 11.8. The van der Waals surface area contributed by atoms with E-state index in [1.807, 2.05) is 80.6 Å². The summed E-state index contributed by atoms with van der Waals surface area (Å²) >= 11 is 0. The van der Waals surface area contributed by atoms with Crippen LogP contribution in [0.1, 0.15) is 34.5 Å². The van der Waals surface area contributed by atoms with Crippen molar-refractivity contribution in [2.45, 2.75) is 19.9 Å². The predicted molar refractivity (Wildman–Crippen MR) is 119 cm³/mol. The number of amides is 1. The molecule has 1 atom stereocenters. The molecular formula is C25H23N3O2. The first-order valence-electron chi connectivity index (χ1n) is 9.83. The van der Waals surface area contributed by atoms with Gasteiger partial charge in [0.05, 0.1) is 35.6 Å². The summed E-state index contributed by atoms with van der Waals surface area (Å²) in [6.07, 6.45) is 1.73. The van der Waals surface area contributed by atoms with Crippen LogP contribution < -0.4 is 10.1 Å². The second-order valence-electron chi connectivity index (χ2n) is 7.21. The topological polar surface area (TPSA) is 64.1 Å². The second kappa shape index (κ2) is 8.33. The van der Waals surface area contributed by atoms with E-state index in [9.17, 15) is 4.79 Å². The molecule has 0 spiro atoms. The molecule has 4 aromatic rings. The van der Waals surface area contributed by atoms with Crippen LogP contribution in [-0.2, 0) is 0 Å². The number of carbonyl (C=O) groups excluding carboxylic acids is 1. The molecule has 0 unspecified atom stereocenters. The number of aryl methyl sites for hydroxylation is 1. The van der Waals surface area contributed by atoms with Crippen molar-refractivity contribution < 1.29 is 9.53 Å². The third kappa shape index (κ3) is 3.87. The van der Waals surface area contributed by atoms with Gasteiger partial charge in [0.25, 0.3) is 5.91 Å². The Morgan fingerprint density at radius 2 is 1.80 bits per heavy atom. The Hall–Kier alpha value is -3.73. The number of rotatable bonds is 5. The van der Waals surface area contributed by atoms with Gasteiger partial charge in [-0.15, -0.1) is 0 Å². The maximum Gasteiger partial charge on any atom is 0.252 e. The van der Waals surface area contributed by atoms with E-state index in [-0.39, 0.29) is 11.9 Å². The van der Waals surface area contributed by atoms with Crippen molar-refractivity contribution in [1.82, 2.24) is 15.3 Å². The molecule has 0 bridgehead atoms. The molecule has 30 heavy (non-hydrogen) atoms. The first-order valence-corrected chi connectivity index (χ1v) is 9.83. The van der Waals surface area contributed by atoms with Gasteiger partial charge in [0.15, 0.2) is 0 Å². The van der Waals surface area contributed by atoms with Gasteiger partial charge in [0.1, 0.15) is 5.75 Å². The minimum atomic E-state index is -0.158. The molecule has 0 aliphatic rings. The van der Waals surface area contributed by atoms with Gasteiger partial charge in [-0.2, -0.15) is 0 Å². The molecule has 0 saturated carbocycles. The van der Waals surface area contributed by atoms with Crippen molar-refractivity contribution in [3.63, 3.8) is 0 Å². The van der Waals surface area contributed by atoms with Crippen LogP contribution in [0, 0.1) is 6.92 Å².